The maximum Gasteiger partial charge on any atom is 0.246 e. The maximum absolute atomic E-state index is 12.6. The molecule has 0 atom stereocenters. The van der Waals surface area contributed by atoms with Crippen molar-refractivity contribution in [1.29, 1.82) is 0 Å². The summed E-state index contributed by atoms with van der Waals surface area (Å²) in [4.78, 5) is 4.08. The number of nitrogen functional groups attached to an aromatic ring is 1. The highest BCUT2D eigenvalue weighted by atomic mass is 32.2. The molecule has 1 aliphatic carbocycles. The predicted octanol–water partition coefficient (Wildman–Crippen LogP) is 1.57. The van der Waals surface area contributed by atoms with E-state index < -0.39 is 10.0 Å². The fourth-order valence-corrected chi connectivity index (χ4v) is 4.06. The van der Waals surface area contributed by atoms with Crippen molar-refractivity contribution >= 4 is 15.8 Å². The van der Waals surface area contributed by atoms with E-state index in [4.69, 9.17) is 5.84 Å². The smallest absolute Gasteiger partial charge is 0.246 e. The van der Waals surface area contributed by atoms with Gasteiger partial charge in [0.2, 0.25) is 10.0 Å². The molecule has 6 nitrogen and oxygen atoms in total. The summed E-state index contributed by atoms with van der Waals surface area (Å²) in [6.45, 7) is 0.557. The van der Waals surface area contributed by atoms with Crippen molar-refractivity contribution in [2.24, 2.45) is 11.8 Å². The van der Waals surface area contributed by atoms with Crippen molar-refractivity contribution in [3.63, 3.8) is 0 Å². The van der Waals surface area contributed by atoms with E-state index in [1.165, 1.54) is 35.8 Å². The summed E-state index contributed by atoms with van der Waals surface area (Å²) < 4.78 is 26.6. The minimum Gasteiger partial charge on any atom is -0.307 e. The third kappa shape index (κ3) is 3.28. The average Bonchev–Trinajstić information content (AvgIpc) is 2.48. The van der Waals surface area contributed by atoms with Gasteiger partial charge in [0, 0.05) is 19.8 Å². The Labute approximate surface area is 120 Å². The first-order valence-corrected chi connectivity index (χ1v) is 8.37. The minimum absolute atomic E-state index is 0.126. The number of pyridine rings is 1. The minimum atomic E-state index is -3.55. The summed E-state index contributed by atoms with van der Waals surface area (Å²) in [5.41, 5.74) is 2.34. The van der Waals surface area contributed by atoms with Gasteiger partial charge in [-0.05, 0) is 30.9 Å². The largest absolute Gasteiger partial charge is 0.307 e. The number of hydrogen-bond donors (Lipinski definition) is 2. The number of rotatable bonds is 5. The van der Waals surface area contributed by atoms with Crippen LogP contribution in [0.5, 0.6) is 0 Å². The molecule has 112 valence electrons. The Morgan fingerprint density at radius 1 is 1.40 bits per heavy atom. The molecule has 1 aliphatic rings. The van der Waals surface area contributed by atoms with Crippen LogP contribution in [0.2, 0.25) is 0 Å². The molecule has 1 saturated carbocycles. The molecule has 0 amide bonds. The number of sulfonamides is 1. The van der Waals surface area contributed by atoms with Gasteiger partial charge >= 0.3 is 0 Å². The molecule has 0 unspecified atom stereocenters. The van der Waals surface area contributed by atoms with Crippen molar-refractivity contribution in [3.05, 3.63) is 18.3 Å². The first-order chi connectivity index (χ1) is 9.55. The number of anilines is 1. The van der Waals surface area contributed by atoms with Crippen LogP contribution in [0.15, 0.2) is 23.2 Å². The van der Waals surface area contributed by atoms with Crippen molar-refractivity contribution in [1.82, 2.24) is 9.29 Å². The molecule has 0 spiro atoms. The summed E-state index contributed by atoms with van der Waals surface area (Å²) in [6, 6.07) is 3.12. The van der Waals surface area contributed by atoms with Crippen LogP contribution in [0.1, 0.15) is 32.1 Å². The zero-order valence-electron chi connectivity index (χ0n) is 11.7. The van der Waals surface area contributed by atoms with Gasteiger partial charge in [0.05, 0.1) is 0 Å². The standard InChI is InChI=1S/C13H22N4O2S/c1-17(10-11-6-3-2-4-7-11)20(18,19)12-8-5-9-15-13(12)16-14/h5,8-9,11H,2-4,6-7,10,14H2,1H3,(H,15,16). The van der Waals surface area contributed by atoms with E-state index in [1.54, 1.807) is 13.1 Å². The Morgan fingerprint density at radius 2 is 2.10 bits per heavy atom. The zero-order chi connectivity index (χ0) is 14.6. The molecule has 3 N–H and O–H groups in total. The third-order valence-corrected chi connectivity index (χ3v) is 5.69. The second kappa shape index (κ2) is 6.51. The molecular weight excluding hydrogens is 276 g/mol. The quantitative estimate of drug-likeness (QED) is 0.636. The highest BCUT2D eigenvalue weighted by Crippen LogP contribution is 2.27. The van der Waals surface area contributed by atoms with Crippen LogP contribution in [-0.2, 0) is 10.0 Å². The Bertz CT molecular complexity index is 541. The highest BCUT2D eigenvalue weighted by molar-refractivity contribution is 7.89. The first kappa shape index (κ1) is 15.2. The van der Waals surface area contributed by atoms with E-state index in [0.717, 1.165) is 12.8 Å². The lowest BCUT2D eigenvalue weighted by Crippen LogP contribution is -2.33. The van der Waals surface area contributed by atoms with E-state index in [2.05, 4.69) is 10.4 Å². The molecule has 1 aromatic rings. The van der Waals surface area contributed by atoms with E-state index in [1.807, 2.05) is 0 Å². The number of hydrogen-bond acceptors (Lipinski definition) is 5. The van der Waals surface area contributed by atoms with Gasteiger partial charge in [0.1, 0.15) is 4.90 Å². The van der Waals surface area contributed by atoms with Crippen molar-refractivity contribution in [2.75, 3.05) is 19.0 Å². The van der Waals surface area contributed by atoms with Crippen molar-refractivity contribution in [3.8, 4) is 0 Å². The Hall–Kier alpha value is -1.18. The Kier molecular flexibility index (Phi) is 4.95. The number of hydrazine groups is 1. The van der Waals surface area contributed by atoms with Crippen LogP contribution in [0.4, 0.5) is 5.82 Å². The molecule has 0 aromatic carbocycles. The molecule has 20 heavy (non-hydrogen) atoms. The van der Waals surface area contributed by atoms with Gasteiger partial charge in [-0.1, -0.05) is 19.3 Å². The zero-order valence-corrected chi connectivity index (χ0v) is 12.6. The summed E-state index contributed by atoms with van der Waals surface area (Å²) in [7, 11) is -1.93. The van der Waals surface area contributed by atoms with E-state index in [0.29, 0.717) is 12.5 Å². The topological polar surface area (TPSA) is 88.3 Å². The van der Waals surface area contributed by atoms with Gasteiger partial charge in [-0.2, -0.15) is 0 Å². The number of nitrogens with two attached hydrogens (primary N) is 1. The number of nitrogens with zero attached hydrogens (tertiary/aromatic N) is 2. The van der Waals surface area contributed by atoms with Crippen LogP contribution >= 0.6 is 0 Å². The summed E-state index contributed by atoms with van der Waals surface area (Å²) in [5, 5.41) is 0. The van der Waals surface area contributed by atoms with Gasteiger partial charge in [0.15, 0.2) is 5.82 Å². The molecule has 0 radical (unpaired) electrons. The maximum atomic E-state index is 12.6. The second-order valence-corrected chi connectivity index (χ2v) is 7.30. The number of nitrogens with one attached hydrogen (secondary N) is 1. The average molecular weight is 298 g/mol. The molecule has 2 rings (SSSR count). The van der Waals surface area contributed by atoms with Crippen LogP contribution in [0.25, 0.3) is 0 Å². The molecule has 0 saturated heterocycles. The van der Waals surface area contributed by atoms with Gasteiger partial charge in [-0.3, -0.25) is 0 Å². The molecule has 0 bridgehead atoms. The van der Waals surface area contributed by atoms with E-state index >= 15 is 0 Å². The Morgan fingerprint density at radius 3 is 2.75 bits per heavy atom. The lowest BCUT2D eigenvalue weighted by molar-refractivity contribution is 0.300. The van der Waals surface area contributed by atoms with Gasteiger partial charge in [0.25, 0.3) is 0 Å². The number of aromatic nitrogens is 1. The molecule has 1 fully saturated rings. The van der Waals surface area contributed by atoms with Gasteiger partial charge < -0.3 is 5.43 Å². The second-order valence-electron chi connectivity index (χ2n) is 5.28. The van der Waals surface area contributed by atoms with Gasteiger partial charge in [-0.25, -0.2) is 23.5 Å². The molecule has 7 heteroatoms. The molecule has 0 aliphatic heterocycles. The molecule has 1 aromatic heterocycles. The van der Waals surface area contributed by atoms with Crippen LogP contribution in [0.3, 0.4) is 0 Å². The summed E-state index contributed by atoms with van der Waals surface area (Å²) >= 11 is 0. The van der Waals surface area contributed by atoms with Crippen LogP contribution < -0.4 is 11.3 Å². The fourth-order valence-electron chi connectivity index (χ4n) is 2.71. The van der Waals surface area contributed by atoms with E-state index in [-0.39, 0.29) is 10.7 Å². The van der Waals surface area contributed by atoms with Crippen LogP contribution in [-0.4, -0.2) is 31.3 Å². The van der Waals surface area contributed by atoms with Gasteiger partial charge in [-0.15, -0.1) is 0 Å². The third-order valence-electron chi connectivity index (χ3n) is 3.84. The molecular formula is C13H22N4O2S. The molecule has 1 heterocycles. The fraction of sp³-hybridized carbons (Fsp3) is 0.615. The van der Waals surface area contributed by atoms with E-state index in [9.17, 15) is 8.42 Å². The summed E-state index contributed by atoms with van der Waals surface area (Å²) in [6.07, 6.45) is 7.37. The lowest BCUT2D eigenvalue weighted by atomic mass is 9.89. The van der Waals surface area contributed by atoms with Crippen molar-refractivity contribution < 1.29 is 8.42 Å². The monoisotopic (exact) mass is 298 g/mol. The summed E-state index contributed by atoms with van der Waals surface area (Å²) in [5.74, 6) is 5.97. The predicted molar refractivity (Wildman–Crippen MR) is 78.4 cm³/mol. The Balaban J connectivity index is 2.16. The first-order valence-electron chi connectivity index (χ1n) is 6.93. The lowest BCUT2D eigenvalue weighted by Gasteiger charge is -2.26. The van der Waals surface area contributed by atoms with Crippen LogP contribution in [0, 0.1) is 5.92 Å². The highest BCUT2D eigenvalue weighted by Gasteiger charge is 2.27. The normalized spacial score (nSPS) is 17.4. The SMILES string of the molecule is CN(CC1CCCCC1)S(=O)(=O)c1cccnc1NN. The van der Waals surface area contributed by atoms with Crippen molar-refractivity contribution in [2.45, 2.75) is 37.0 Å².